The summed E-state index contributed by atoms with van der Waals surface area (Å²) in [4.78, 5) is 9.53. The van der Waals surface area contributed by atoms with Crippen LogP contribution in [0.15, 0.2) is 28.8 Å². The molecule has 28 heavy (non-hydrogen) atoms. The van der Waals surface area contributed by atoms with E-state index in [-0.39, 0.29) is 0 Å². The smallest absolute Gasteiger partial charge is 0.240 e. The second kappa shape index (κ2) is 9.16. The summed E-state index contributed by atoms with van der Waals surface area (Å²) >= 11 is 0. The summed E-state index contributed by atoms with van der Waals surface area (Å²) in [5.74, 6) is 2.08. The molecule has 2 aromatic rings. The lowest BCUT2D eigenvalue weighted by Gasteiger charge is -2.38. The molecule has 2 heterocycles. The lowest BCUT2D eigenvalue weighted by Crippen LogP contribution is -2.46. The summed E-state index contributed by atoms with van der Waals surface area (Å²) in [6.07, 6.45) is 4.99. The van der Waals surface area contributed by atoms with Crippen LogP contribution in [-0.4, -0.2) is 65.9 Å². The highest BCUT2D eigenvalue weighted by molar-refractivity contribution is 5.33. The van der Waals surface area contributed by atoms with Gasteiger partial charge in [-0.3, -0.25) is 9.80 Å². The number of hydrogen-bond acceptors (Lipinski definition) is 6. The Bertz CT molecular complexity index is 737. The molecule has 6 heteroatoms. The van der Waals surface area contributed by atoms with Crippen molar-refractivity contribution in [3.05, 3.63) is 47.1 Å². The quantitative estimate of drug-likeness (QED) is 0.698. The fourth-order valence-electron chi connectivity index (χ4n) is 4.79. The molecule has 152 valence electrons. The van der Waals surface area contributed by atoms with Crippen LogP contribution >= 0.6 is 0 Å². The average molecular weight is 385 g/mol. The summed E-state index contributed by atoms with van der Waals surface area (Å²) in [7, 11) is 1.76. The maximum absolute atomic E-state index is 5.35. The predicted octanol–water partition coefficient (Wildman–Crippen LogP) is 2.71. The number of aromatic nitrogens is 2. The number of methoxy groups -OCH3 is 1. The molecule has 1 unspecified atom stereocenters. The first-order valence-electron chi connectivity index (χ1n) is 10.5. The van der Waals surface area contributed by atoms with Gasteiger partial charge in [0.1, 0.15) is 0 Å². The minimum atomic E-state index is 0.672. The minimum Gasteiger partial charge on any atom is -0.383 e. The van der Waals surface area contributed by atoms with Crippen molar-refractivity contribution in [1.29, 1.82) is 0 Å². The number of likely N-dealkylation sites (tertiary alicyclic amines) is 1. The molecule has 1 saturated heterocycles. The lowest BCUT2D eigenvalue weighted by molar-refractivity contribution is 0.0798. The van der Waals surface area contributed by atoms with Gasteiger partial charge in [0.25, 0.3) is 0 Å². The van der Waals surface area contributed by atoms with Gasteiger partial charge >= 0.3 is 0 Å². The molecular weight excluding hydrogens is 352 g/mol. The van der Waals surface area contributed by atoms with Gasteiger partial charge in [-0.1, -0.05) is 29.4 Å². The molecule has 1 aliphatic carbocycles. The third kappa shape index (κ3) is 4.80. The molecule has 0 amide bonds. The molecule has 1 aromatic heterocycles. The van der Waals surface area contributed by atoms with Crippen LogP contribution in [0.4, 0.5) is 0 Å². The maximum Gasteiger partial charge on any atom is 0.240 e. The maximum atomic E-state index is 5.35. The van der Waals surface area contributed by atoms with E-state index < -0.39 is 0 Å². The Morgan fingerprint density at radius 1 is 1.25 bits per heavy atom. The summed E-state index contributed by atoms with van der Waals surface area (Å²) < 4.78 is 10.7. The van der Waals surface area contributed by atoms with Crippen molar-refractivity contribution in [2.45, 2.75) is 45.2 Å². The standard InChI is InChI=1S/C22H32N4O2/c1-17-23-22(28-24-17)16-25(10-11-27-2)14-18-6-5-9-26(15-18)21-12-19-7-3-4-8-20(19)13-21/h3-4,7-8,18,21H,5-6,9-16H2,1-2H3. The van der Waals surface area contributed by atoms with Crippen molar-refractivity contribution >= 4 is 0 Å². The second-order valence-corrected chi connectivity index (χ2v) is 8.30. The molecule has 0 spiro atoms. The highest BCUT2D eigenvalue weighted by atomic mass is 16.5. The number of fused-ring (bicyclic) bond motifs is 1. The van der Waals surface area contributed by atoms with Gasteiger partial charge in [-0.05, 0) is 56.2 Å². The van der Waals surface area contributed by atoms with Crippen LogP contribution in [0.25, 0.3) is 0 Å². The van der Waals surface area contributed by atoms with Gasteiger partial charge in [-0.25, -0.2) is 0 Å². The molecule has 1 aromatic carbocycles. The van der Waals surface area contributed by atoms with Crippen LogP contribution < -0.4 is 0 Å². The highest BCUT2D eigenvalue weighted by Gasteiger charge is 2.31. The van der Waals surface area contributed by atoms with Crippen LogP contribution in [0.2, 0.25) is 0 Å². The molecule has 4 rings (SSSR count). The zero-order valence-corrected chi connectivity index (χ0v) is 17.1. The van der Waals surface area contributed by atoms with Crippen LogP contribution in [0.1, 0.15) is 35.7 Å². The monoisotopic (exact) mass is 384 g/mol. The van der Waals surface area contributed by atoms with Crippen LogP contribution in [0.5, 0.6) is 0 Å². The molecule has 0 bridgehead atoms. The van der Waals surface area contributed by atoms with E-state index in [0.717, 1.165) is 19.7 Å². The number of benzene rings is 1. The number of piperidine rings is 1. The Hall–Kier alpha value is -1.76. The van der Waals surface area contributed by atoms with E-state index in [9.17, 15) is 0 Å². The molecule has 2 aliphatic rings. The molecule has 0 N–H and O–H groups in total. The lowest BCUT2D eigenvalue weighted by atomic mass is 9.95. The van der Waals surface area contributed by atoms with E-state index in [2.05, 4.69) is 44.2 Å². The van der Waals surface area contributed by atoms with Gasteiger partial charge in [0.15, 0.2) is 5.82 Å². The Kier molecular flexibility index (Phi) is 6.40. The van der Waals surface area contributed by atoms with E-state index in [1.54, 1.807) is 18.2 Å². The zero-order valence-electron chi connectivity index (χ0n) is 17.1. The van der Waals surface area contributed by atoms with Crippen molar-refractivity contribution < 1.29 is 9.26 Å². The van der Waals surface area contributed by atoms with Gasteiger partial charge < -0.3 is 9.26 Å². The second-order valence-electron chi connectivity index (χ2n) is 8.30. The summed E-state index contributed by atoms with van der Waals surface area (Å²) in [5, 5.41) is 3.93. The van der Waals surface area contributed by atoms with Gasteiger partial charge in [0.05, 0.1) is 13.2 Å². The zero-order chi connectivity index (χ0) is 19.3. The largest absolute Gasteiger partial charge is 0.383 e. The number of rotatable bonds is 8. The third-order valence-corrected chi connectivity index (χ3v) is 6.15. The molecule has 1 aliphatic heterocycles. The van der Waals surface area contributed by atoms with Crippen molar-refractivity contribution in [2.24, 2.45) is 5.92 Å². The number of aryl methyl sites for hydroxylation is 1. The summed E-state index contributed by atoms with van der Waals surface area (Å²) in [5.41, 5.74) is 3.09. The van der Waals surface area contributed by atoms with E-state index in [1.165, 1.54) is 38.8 Å². The van der Waals surface area contributed by atoms with Crippen molar-refractivity contribution in [3.8, 4) is 0 Å². The Labute approximate surface area is 167 Å². The molecule has 6 nitrogen and oxygen atoms in total. The normalized spacial score (nSPS) is 20.8. The molecule has 0 saturated carbocycles. The summed E-state index contributed by atoms with van der Waals surface area (Å²) in [6.45, 7) is 7.66. The third-order valence-electron chi connectivity index (χ3n) is 6.15. The van der Waals surface area contributed by atoms with Crippen LogP contribution in [0.3, 0.4) is 0 Å². The van der Waals surface area contributed by atoms with E-state index >= 15 is 0 Å². The Morgan fingerprint density at radius 3 is 2.71 bits per heavy atom. The van der Waals surface area contributed by atoms with Crippen LogP contribution in [-0.2, 0) is 24.1 Å². The fourth-order valence-corrected chi connectivity index (χ4v) is 4.79. The Balaban J connectivity index is 1.34. The number of ether oxygens (including phenoxy) is 1. The van der Waals surface area contributed by atoms with E-state index in [1.807, 2.05) is 6.92 Å². The Morgan fingerprint density at radius 2 is 2.04 bits per heavy atom. The van der Waals surface area contributed by atoms with Crippen LogP contribution in [0, 0.1) is 12.8 Å². The topological polar surface area (TPSA) is 54.6 Å². The fraction of sp³-hybridized carbons (Fsp3) is 0.636. The van der Waals surface area contributed by atoms with E-state index in [0.29, 0.717) is 30.2 Å². The van der Waals surface area contributed by atoms with E-state index in [4.69, 9.17) is 9.26 Å². The minimum absolute atomic E-state index is 0.672. The first kappa shape index (κ1) is 19.6. The molecule has 0 radical (unpaired) electrons. The predicted molar refractivity (Wildman–Crippen MR) is 108 cm³/mol. The van der Waals surface area contributed by atoms with Gasteiger partial charge in [0.2, 0.25) is 5.89 Å². The molecule has 1 atom stereocenters. The number of nitrogens with zero attached hydrogens (tertiary/aromatic N) is 4. The van der Waals surface area contributed by atoms with Gasteiger partial charge in [-0.15, -0.1) is 0 Å². The highest BCUT2D eigenvalue weighted by Crippen LogP contribution is 2.29. The van der Waals surface area contributed by atoms with Crippen molar-refractivity contribution in [1.82, 2.24) is 19.9 Å². The molecule has 1 fully saturated rings. The first-order chi connectivity index (χ1) is 13.7. The first-order valence-corrected chi connectivity index (χ1v) is 10.5. The van der Waals surface area contributed by atoms with Crippen molar-refractivity contribution in [2.75, 3.05) is 39.9 Å². The van der Waals surface area contributed by atoms with Gasteiger partial charge in [0, 0.05) is 32.8 Å². The van der Waals surface area contributed by atoms with Gasteiger partial charge in [-0.2, -0.15) is 4.98 Å². The number of hydrogen-bond donors (Lipinski definition) is 0. The summed E-state index contributed by atoms with van der Waals surface area (Å²) in [6, 6.07) is 9.62. The SMILES string of the molecule is COCCN(Cc1nc(C)no1)CC1CCCN(C2Cc3ccccc3C2)C1. The molecular formula is C22H32N4O2. The average Bonchev–Trinajstić information content (AvgIpc) is 3.32. The van der Waals surface area contributed by atoms with Crippen molar-refractivity contribution in [3.63, 3.8) is 0 Å².